The molecule has 5 nitrogen and oxygen atoms in total. The van der Waals surface area contributed by atoms with Gasteiger partial charge in [-0.3, -0.25) is 0 Å². The number of para-hydroxylation sites is 1. The minimum atomic E-state index is -0.268. The lowest BCUT2D eigenvalue weighted by Crippen LogP contribution is -2.10. The summed E-state index contributed by atoms with van der Waals surface area (Å²) in [4.78, 5) is 0. The third-order valence-corrected chi connectivity index (χ3v) is 5.25. The van der Waals surface area contributed by atoms with Crippen molar-refractivity contribution >= 4 is 11.4 Å². The summed E-state index contributed by atoms with van der Waals surface area (Å²) < 4.78 is 15.3. The smallest absolute Gasteiger partial charge is 0.123 e. The third-order valence-electron chi connectivity index (χ3n) is 5.25. The molecule has 30 heavy (non-hydrogen) atoms. The molecule has 0 amide bonds. The summed E-state index contributed by atoms with van der Waals surface area (Å²) in [6.45, 7) is 0. The molecule has 0 radical (unpaired) electrons. The number of anilines is 1. The van der Waals surface area contributed by atoms with Gasteiger partial charge in [-0.2, -0.15) is 10.2 Å². The average molecular weight is 397 g/mol. The van der Waals surface area contributed by atoms with Crippen molar-refractivity contribution in [3.8, 4) is 16.9 Å². The molecule has 4 aromatic rings. The number of nitrogens with one attached hydrogen (secondary N) is 1. The number of hydrazone groups is 1. The minimum Gasteiger partial charge on any atom is -0.399 e. The van der Waals surface area contributed by atoms with E-state index in [2.05, 4.69) is 10.5 Å². The Hall–Kier alpha value is -3.93. The number of halogens is 1. The average Bonchev–Trinajstić information content (AvgIpc) is 3.43. The molecule has 0 saturated carbocycles. The van der Waals surface area contributed by atoms with Gasteiger partial charge in [0.05, 0.1) is 23.1 Å². The molecule has 1 aliphatic heterocycles. The highest BCUT2D eigenvalue weighted by Crippen LogP contribution is 2.33. The van der Waals surface area contributed by atoms with Crippen LogP contribution in [0.15, 0.2) is 90.2 Å². The van der Waals surface area contributed by atoms with Crippen molar-refractivity contribution in [2.45, 2.75) is 12.5 Å². The highest BCUT2D eigenvalue weighted by atomic mass is 19.1. The Morgan fingerprint density at radius 3 is 2.33 bits per heavy atom. The van der Waals surface area contributed by atoms with Crippen molar-refractivity contribution in [2.24, 2.45) is 5.10 Å². The van der Waals surface area contributed by atoms with Crippen LogP contribution in [-0.4, -0.2) is 15.5 Å². The molecule has 148 valence electrons. The number of nitrogens with zero attached hydrogens (tertiary/aromatic N) is 3. The van der Waals surface area contributed by atoms with Crippen molar-refractivity contribution in [2.75, 3.05) is 5.73 Å². The van der Waals surface area contributed by atoms with Gasteiger partial charge in [0, 0.05) is 29.4 Å². The van der Waals surface area contributed by atoms with Crippen LogP contribution in [0.25, 0.3) is 16.9 Å². The fraction of sp³-hybridized carbons (Fsp3) is 0.0833. The molecule has 0 bridgehead atoms. The number of hydrogen-bond acceptors (Lipinski definition) is 4. The first kappa shape index (κ1) is 18.1. The second-order valence-electron chi connectivity index (χ2n) is 7.29. The van der Waals surface area contributed by atoms with Gasteiger partial charge in [-0.25, -0.2) is 9.07 Å². The first-order valence-electron chi connectivity index (χ1n) is 9.76. The van der Waals surface area contributed by atoms with E-state index in [1.54, 1.807) is 12.1 Å². The number of nitrogen functional groups attached to an aromatic ring is 1. The van der Waals surface area contributed by atoms with Crippen molar-refractivity contribution in [1.29, 1.82) is 0 Å². The van der Waals surface area contributed by atoms with Crippen LogP contribution in [0.3, 0.4) is 0 Å². The normalized spacial score (nSPS) is 15.6. The van der Waals surface area contributed by atoms with Gasteiger partial charge in [-0.15, -0.1) is 0 Å². The number of aromatic nitrogens is 2. The SMILES string of the molecule is Nc1ccc(C2=NNC(c3cn(-c4ccccc4)nc3-c3ccc(F)cc3)C2)cc1. The van der Waals surface area contributed by atoms with Crippen molar-refractivity contribution in [3.05, 3.63) is 102 Å². The second-order valence-corrected chi connectivity index (χ2v) is 7.29. The molecular weight excluding hydrogens is 377 g/mol. The summed E-state index contributed by atoms with van der Waals surface area (Å²) >= 11 is 0. The quantitative estimate of drug-likeness (QED) is 0.491. The van der Waals surface area contributed by atoms with Crippen LogP contribution >= 0.6 is 0 Å². The number of benzene rings is 3. The standard InChI is InChI=1S/C24H20FN5/c25-18-10-6-17(7-11-18)24-21(15-30(29-24)20-4-2-1-3-5-20)23-14-22(27-28-23)16-8-12-19(26)13-9-16/h1-13,15,23,28H,14,26H2. The highest BCUT2D eigenvalue weighted by molar-refractivity contribution is 6.02. The molecule has 3 N–H and O–H groups in total. The predicted molar refractivity (Wildman–Crippen MR) is 117 cm³/mol. The summed E-state index contributed by atoms with van der Waals surface area (Å²) in [7, 11) is 0. The number of rotatable bonds is 4. The lowest BCUT2D eigenvalue weighted by molar-refractivity contribution is 0.620. The van der Waals surface area contributed by atoms with Crippen LogP contribution < -0.4 is 11.2 Å². The Labute approximate surface area is 173 Å². The topological polar surface area (TPSA) is 68.2 Å². The number of hydrogen-bond donors (Lipinski definition) is 2. The van der Waals surface area contributed by atoms with Gasteiger partial charge in [0.2, 0.25) is 0 Å². The Kier molecular flexibility index (Phi) is 4.52. The molecular formula is C24H20FN5. The van der Waals surface area contributed by atoms with Crippen LogP contribution in [0, 0.1) is 5.82 Å². The van der Waals surface area contributed by atoms with Crippen LogP contribution in [0.4, 0.5) is 10.1 Å². The van der Waals surface area contributed by atoms with Crippen LogP contribution in [-0.2, 0) is 0 Å². The van der Waals surface area contributed by atoms with E-state index in [1.165, 1.54) is 12.1 Å². The third kappa shape index (κ3) is 3.43. The molecule has 0 spiro atoms. The zero-order valence-electron chi connectivity index (χ0n) is 16.2. The van der Waals surface area contributed by atoms with E-state index in [0.29, 0.717) is 0 Å². The van der Waals surface area contributed by atoms with E-state index in [-0.39, 0.29) is 11.9 Å². The molecule has 0 aliphatic carbocycles. The van der Waals surface area contributed by atoms with E-state index in [9.17, 15) is 4.39 Å². The lowest BCUT2D eigenvalue weighted by atomic mass is 9.97. The Morgan fingerprint density at radius 2 is 1.60 bits per heavy atom. The van der Waals surface area contributed by atoms with Gasteiger partial charge in [0.25, 0.3) is 0 Å². The summed E-state index contributed by atoms with van der Waals surface area (Å²) in [6.07, 6.45) is 2.74. The Bertz CT molecular complexity index is 1190. The van der Waals surface area contributed by atoms with Gasteiger partial charge in [0.1, 0.15) is 5.82 Å². The maximum absolute atomic E-state index is 13.5. The molecule has 1 atom stereocenters. The van der Waals surface area contributed by atoms with Gasteiger partial charge < -0.3 is 11.2 Å². The minimum absolute atomic E-state index is 0.0323. The van der Waals surface area contributed by atoms with Crippen LogP contribution in [0.1, 0.15) is 23.6 Å². The van der Waals surface area contributed by atoms with Gasteiger partial charge in [-0.1, -0.05) is 30.3 Å². The van der Waals surface area contributed by atoms with E-state index < -0.39 is 0 Å². The molecule has 0 saturated heterocycles. The zero-order chi connectivity index (χ0) is 20.5. The first-order chi connectivity index (χ1) is 14.7. The lowest BCUT2D eigenvalue weighted by Gasteiger charge is -2.10. The van der Waals surface area contributed by atoms with E-state index in [0.717, 1.165) is 45.9 Å². The summed E-state index contributed by atoms with van der Waals surface area (Å²) in [5.41, 5.74) is 15.4. The predicted octanol–water partition coefficient (Wildman–Crippen LogP) is 4.70. The van der Waals surface area contributed by atoms with Crippen LogP contribution in [0.2, 0.25) is 0 Å². The highest BCUT2D eigenvalue weighted by Gasteiger charge is 2.26. The first-order valence-corrected chi connectivity index (χ1v) is 9.76. The molecule has 3 aromatic carbocycles. The molecule has 5 rings (SSSR count). The van der Waals surface area contributed by atoms with Gasteiger partial charge in [-0.05, 0) is 54.1 Å². The summed E-state index contributed by atoms with van der Waals surface area (Å²) in [5, 5.41) is 9.37. The van der Waals surface area contributed by atoms with Crippen molar-refractivity contribution in [1.82, 2.24) is 15.2 Å². The Morgan fingerprint density at radius 1 is 0.900 bits per heavy atom. The fourth-order valence-corrected chi connectivity index (χ4v) is 3.67. The van der Waals surface area contributed by atoms with Crippen molar-refractivity contribution in [3.63, 3.8) is 0 Å². The van der Waals surface area contributed by atoms with E-state index in [4.69, 9.17) is 10.8 Å². The molecule has 2 heterocycles. The molecule has 6 heteroatoms. The van der Waals surface area contributed by atoms with Crippen LogP contribution in [0.5, 0.6) is 0 Å². The Balaban J connectivity index is 1.51. The zero-order valence-corrected chi connectivity index (χ0v) is 16.2. The number of nitrogens with two attached hydrogens (primary N) is 1. The summed E-state index contributed by atoms with van der Waals surface area (Å²) in [6, 6.07) is 24.0. The molecule has 1 aliphatic rings. The van der Waals surface area contributed by atoms with Gasteiger partial charge in [0.15, 0.2) is 0 Å². The monoisotopic (exact) mass is 397 g/mol. The van der Waals surface area contributed by atoms with E-state index in [1.807, 2.05) is 65.5 Å². The summed E-state index contributed by atoms with van der Waals surface area (Å²) in [5.74, 6) is -0.268. The molecule has 1 aromatic heterocycles. The van der Waals surface area contributed by atoms with Gasteiger partial charge >= 0.3 is 0 Å². The molecule has 1 unspecified atom stereocenters. The fourth-order valence-electron chi connectivity index (χ4n) is 3.67. The largest absolute Gasteiger partial charge is 0.399 e. The maximum atomic E-state index is 13.5. The maximum Gasteiger partial charge on any atom is 0.123 e. The second kappa shape index (κ2) is 7.48. The van der Waals surface area contributed by atoms with E-state index >= 15 is 0 Å². The van der Waals surface area contributed by atoms with Crippen molar-refractivity contribution < 1.29 is 4.39 Å². The molecule has 0 fully saturated rings.